The van der Waals surface area contributed by atoms with Crippen LogP contribution in [-0.2, 0) is 0 Å². The summed E-state index contributed by atoms with van der Waals surface area (Å²) in [6, 6.07) is 16.5. The highest BCUT2D eigenvalue weighted by molar-refractivity contribution is 5.99. The van der Waals surface area contributed by atoms with Crippen molar-refractivity contribution in [3.63, 3.8) is 0 Å². The lowest BCUT2D eigenvalue weighted by Gasteiger charge is -2.14. The summed E-state index contributed by atoms with van der Waals surface area (Å²) in [5.74, 6) is 0. The average molecular weight is 513 g/mol. The molecule has 2 aromatic rings. The van der Waals surface area contributed by atoms with Gasteiger partial charge in [-0.2, -0.15) is 0 Å². The molecule has 2 aromatic carbocycles. The molecule has 0 fully saturated rings. The van der Waals surface area contributed by atoms with E-state index in [4.69, 9.17) is 9.98 Å². The molecular weight excluding hydrogens is 464 g/mol. The summed E-state index contributed by atoms with van der Waals surface area (Å²) >= 11 is 0. The van der Waals surface area contributed by atoms with E-state index in [0.29, 0.717) is 0 Å². The van der Waals surface area contributed by atoms with Crippen molar-refractivity contribution >= 4 is 34.2 Å². The van der Waals surface area contributed by atoms with E-state index in [-0.39, 0.29) is 0 Å². The smallest absolute Gasteiger partial charge is 0.0867 e. The van der Waals surface area contributed by atoms with Gasteiger partial charge in [0.1, 0.15) is 0 Å². The molecule has 2 N–H and O–H groups in total. The fourth-order valence-corrected chi connectivity index (χ4v) is 4.92. The van der Waals surface area contributed by atoms with Crippen molar-refractivity contribution in [3.8, 4) is 0 Å². The number of benzene rings is 2. The van der Waals surface area contributed by atoms with Crippen LogP contribution in [0.3, 0.4) is 0 Å². The van der Waals surface area contributed by atoms with Crippen molar-refractivity contribution in [1.29, 1.82) is 0 Å². The zero-order valence-electron chi connectivity index (χ0n) is 24.2. The van der Waals surface area contributed by atoms with Crippen LogP contribution >= 0.6 is 0 Å². The minimum atomic E-state index is 0.933. The zero-order chi connectivity index (χ0) is 27.0. The second-order valence-electron chi connectivity index (χ2n) is 10.6. The summed E-state index contributed by atoms with van der Waals surface area (Å²) in [7, 11) is 0. The molecule has 1 aliphatic rings. The first kappa shape index (κ1) is 29.4. The van der Waals surface area contributed by atoms with Gasteiger partial charge in [0.2, 0.25) is 0 Å². The molecule has 0 bridgehead atoms. The van der Waals surface area contributed by atoms with Gasteiger partial charge in [0, 0.05) is 22.8 Å². The number of rotatable bonds is 12. The number of para-hydroxylation sites is 4. The fourth-order valence-electron chi connectivity index (χ4n) is 4.92. The topological polar surface area (TPSA) is 48.8 Å². The SMILES string of the molecule is CCCCCCCCCCCCCC1=Nc2ccccc2N/C(C)=C\C(C)=Nc2ccccc2N/C(C)=C\1. The summed E-state index contributed by atoms with van der Waals surface area (Å²) in [6.45, 7) is 8.51. The van der Waals surface area contributed by atoms with E-state index < -0.39 is 0 Å². The number of fused-ring (bicyclic) bond motifs is 2. The Morgan fingerprint density at radius 1 is 0.553 bits per heavy atom. The van der Waals surface area contributed by atoms with Gasteiger partial charge in [-0.3, -0.25) is 9.98 Å². The standard InChI is InChI=1S/C34H48N4/c1-5-6-7-8-9-10-11-12-13-14-15-20-30-26-29(4)37-32-22-17-16-21-31(32)35-27(2)25-28(3)36-33-23-18-19-24-34(33)38-30/h16-19,21-26,36-37H,5-15,20H2,1-4H3/b28-25-,29-26-,35-27?,38-30?. The van der Waals surface area contributed by atoms with Crippen molar-refractivity contribution in [1.82, 2.24) is 0 Å². The van der Waals surface area contributed by atoms with Crippen LogP contribution in [0.5, 0.6) is 0 Å². The summed E-state index contributed by atoms with van der Waals surface area (Å²) in [4.78, 5) is 10.0. The number of hydrogen-bond donors (Lipinski definition) is 2. The highest BCUT2D eigenvalue weighted by atomic mass is 14.9. The minimum Gasteiger partial charge on any atom is -0.357 e. The number of anilines is 2. The third-order valence-corrected chi connectivity index (χ3v) is 6.88. The van der Waals surface area contributed by atoms with Crippen molar-refractivity contribution in [2.75, 3.05) is 10.6 Å². The number of unbranched alkanes of at least 4 members (excludes halogenated alkanes) is 10. The quantitative estimate of drug-likeness (QED) is 0.278. The van der Waals surface area contributed by atoms with Crippen molar-refractivity contribution < 1.29 is 0 Å². The molecule has 0 spiro atoms. The van der Waals surface area contributed by atoms with E-state index in [1.807, 2.05) is 19.1 Å². The Morgan fingerprint density at radius 2 is 1.03 bits per heavy atom. The molecule has 38 heavy (non-hydrogen) atoms. The van der Waals surface area contributed by atoms with Crippen LogP contribution in [0.15, 0.2) is 82.1 Å². The molecule has 0 saturated heterocycles. The lowest BCUT2D eigenvalue weighted by atomic mass is 10.0. The van der Waals surface area contributed by atoms with Gasteiger partial charge >= 0.3 is 0 Å². The molecule has 4 nitrogen and oxygen atoms in total. The maximum absolute atomic E-state index is 5.15. The van der Waals surface area contributed by atoms with Gasteiger partial charge in [0.05, 0.1) is 22.7 Å². The fraction of sp³-hybridized carbons (Fsp3) is 0.471. The first-order valence-electron chi connectivity index (χ1n) is 14.8. The molecule has 204 valence electrons. The molecule has 3 rings (SSSR count). The molecule has 0 aliphatic carbocycles. The first-order chi connectivity index (χ1) is 18.5. The largest absolute Gasteiger partial charge is 0.357 e. The van der Waals surface area contributed by atoms with Crippen LogP contribution in [0, 0.1) is 0 Å². The van der Waals surface area contributed by atoms with Crippen LogP contribution in [-0.4, -0.2) is 11.4 Å². The van der Waals surface area contributed by atoms with Crippen LogP contribution in [0.1, 0.15) is 105 Å². The predicted molar refractivity (Wildman–Crippen MR) is 169 cm³/mol. The Hall–Kier alpha value is -3.14. The summed E-state index contributed by atoms with van der Waals surface area (Å²) in [5.41, 5.74) is 8.08. The van der Waals surface area contributed by atoms with Crippen LogP contribution in [0.4, 0.5) is 22.7 Å². The van der Waals surface area contributed by atoms with E-state index in [1.54, 1.807) is 0 Å². The number of aliphatic imine (C=N–C) groups is 2. The Kier molecular flexibility index (Phi) is 12.9. The van der Waals surface area contributed by atoms with Gasteiger partial charge in [-0.05, 0) is 70.0 Å². The monoisotopic (exact) mass is 512 g/mol. The number of hydrogen-bond acceptors (Lipinski definition) is 4. The number of nitrogens with one attached hydrogen (secondary N) is 2. The second-order valence-corrected chi connectivity index (χ2v) is 10.6. The van der Waals surface area contributed by atoms with Gasteiger partial charge in [0.15, 0.2) is 0 Å². The molecule has 4 heteroatoms. The Labute approximate surface area is 231 Å². The average Bonchev–Trinajstić information content (AvgIpc) is 2.89. The van der Waals surface area contributed by atoms with Gasteiger partial charge in [-0.25, -0.2) is 0 Å². The highest BCUT2D eigenvalue weighted by Crippen LogP contribution is 2.29. The van der Waals surface area contributed by atoms with Gasteiger partial charge in [-0.15, -0.1) is 0 Å². The van der Waals surface area contributed by atoms with E-state index >= 15 is 0 Å². The van der Waals surface area contributed by atoms with Crippen molar-refractivity contribution in [2.24, 2.45) is 9.98 Å². The minimum absolute atomic E-state index is 0.933. The van der Waals surface area contributed by atoms with Crippen molar-refractivity contribution in [2.45, 2.75) is 105 Å². The van der Waals surface area contributed by atoms with Crippen LogP contribution in [0.2, 0.25) is 0 Å². The molecule has 0 atom stereocenters. The molecule has 1 heterocycles. The van der Waals surface area contributed by atoms with Crippen molar-refractivity contribution in [3.05, 3.63) is 72.1 Å². The highest BCUT2D eigenvalue weighted by Gasteiger charge is 2.07. The Bertz CT molecular complexity index is 1120. The first-order valence-corrected chi connectivity index (χ1v) is 14.8. The normalized spacial score (nSPS) is 16.7. The summed E-state index contributed by atoms with van der Waals surface area (Å²) in [6.07, 6.45) is 20.1. The van der Waals surface area contributed by atoms with E-state index in [0.717, 1.165) is 58.4 Å². The predicted octanol–water partition coefficient (Wildman–Crippen LogP) is 10.9. The Balaban J connectivity index is 1.70. The molecule has 0 unspecified atom stereocenters. The second kappa shape index (κ2) is 16.7. The Morgan fingerprint density at radius 3 is 1.61 bits per heavy atom. The third kappa shape index (κ3) is 10.7. The summed E-state index contributed by atoms with van der Waals surface area (Å²) in [5, 5.41) is 7.13. The van der Waals surface area contributed by atoms with E-state index in [1.165, 1.54) is 64.2 Å². The molecule has 0 radical (unpaired) electrons. The molecule has 0 aromatic heterocycles. The number of nitrogens with zero attached hydrogens (tertiary/aromatic N) is 2. The molecule has 1 aliphatic heterocycles. The third-order valence-electron chi connectivity index (χ3n) is 6.88. The lowest BCUT2D eigenvalue weighted by Crippen LogP contribution is -2.04. The van der Waals surface area contributed by atoms with Gasteiger partial charge in [0.25, 0.3) is 0 Å². The molecule has 0 amide bonds. The maximum Gasteiger partial charge on any atom is 0.0867 e. The number of allylic oxidation sites excluding steroid dienone is 4. The lowest BCUT2D eigenvalue weighted by molar-refractivity contribution is 0.552. The van der Waals surface area contributed by atoms with Crippen LogP contribution < -0.4 is 10.6 Å². The van der Waals surface area contributed by atoms with E-state index in [2.05, 4.69) is 80.0 Å². The summed E-state index contributed by atoms with van der Waals surface area (Å²) < 4.78 is 0. The van der Waals surface area contributed by atoms with Gasteiger partial charge < -0.3 is 10.6 Å². The molecular formula is C34H48N4. The van der Waals surface area contributed by atoms with Crippen LogP contribution in [0.25, 0.3) is 0 Å². The molecule has 0 saturated carbocycles. The maximum atomic E-state index is 5.15. The van der Waals surface area contributed by atoms with Gasteiger partial charge in [-0.1, -0.05) is 95.4 Å². The zero-order valence-corrected chi connectivity index (χ0v) is 24.2. The van der Waals surface area contributed by atoms with E-state index in [9.17, 15) is 0 Å².